The summed E-state index contributed by atoms with van der Waals surface area (Å²) in [5.41, 5.74) is 0.164. The largest absolute Gasteiger partial charge is 0.389 e. The molecule has 0 spiro atoms. The number of aliphatic hydroxyl groups is 1. The maximum atomic E-state index is 11.8. The van der Waals surface area contributed by atoms with Crippen molar-refractivity contribution >= 4 is 0 Å². The Bertz CT molecular complexity index is 276. The van der Waals surface area contributed by atoms with Crippen molar-refractivity contribution in [3.8, 4) is 0 Å². The molecule has 0 saturated carbocycles. The normalized spacial score (nSPS) is 14.0. The fraction of sp³-hybridized carbons (Fsp3) is 0.500. The van der Waals surface area contributed by atoms with Crippen LogP contribution < -0.4 is 0 Å². The minimum absolute atomic E-state index is 0.164. The third-order valence-corrected chi connectivity index (χ3v) is 1.63. The van der Waals surface area contributed by atoms with Crippen molar-refractivity contribution in [2.45, 2.75) is 25.1 Å². The number of rotatable bonds is 3. The van der Waals surface area contributed by atoms with E-state index in [2.05, 4.69) is 9.97 Å². The van der Waals surface area contributed by atoms with Crippen LogP contribution in [0.4, 0.5) is 13.2 Å². The van der Waals surface area contributed by atoms with Gasteiger partial charge in [0.1, 0.15) is 0 Å². The molecule has 0 saturated heterocycles. The topological polar surface area (TPSA) is 46.0 Å². The van der Waals surface area contributed by atoms with Crippen LogP contribution in [0, 0.1) is 0 Å². The van der Waals surface area contributed by atoms with Gasteiger partial charge in [-0.25, -0.2) is 0 Å². The highest BCUT2D eigenvalue weighted by Gasteiger charge is 2.28. The Balaban J connectivity index is 2.48. The summed E-state index contributed by atoms with van der Waals surface area (Å²) in [7, 11) is 0. The van der Waals surface area contributed by atoms with Crippen molar-refractivity contribution in [1.82, 2.24) is 9.97 Å². The van der Waals surface area contributed by atoms with Gasteiger partial charge in [-0.1, -0.05) is 0 Å². The van der Waals surface area contributed by atoms with Crippen molar-refractivity contribution in [3.63, 3.8) is 0 Å². The van der Waals surface area contributed by atoms with E-state index in [0.29, 0.717) is 0 Å². The highest BCUT2D eigenvalue weighted by atomic mass is 19.4. The summed E-state index contributed by atoms with van der Waals surface area (Å²) in [5, 5.41) is 9.28. The molecular weight excluding hydrogens is 197 g/mol. The van der Waals surface area contributed by atoms with E-state index in [-0.39, 0.29) is 12.1 Å². The number of halogens is 3. The molecule has 1 heterocycles. The minimum atomic E-state index is -4.25. The summed E-state index contributed by atoms with van der Waals surface area (Å²) in [6.07, 6.45) is -2.89. The molecule has 3 nitrogen and oxygen atoms in total. The lowest BCUT2D eigenvalue weighted by molar-refractivity contribution is -0.140. The molecule has 0 aromatic carbocycles. The molecule has 0 aliphatic rings. The van der Waals surface area contributed by atoms with Gasteiger partial charge >= 0.3 is 6.18 Å². The molecule has 0 amide bonds. The van der Waals surface area contributed by atoms with Gasteiger partial charge in [-0.2, -0.15) is 13.2 Å². The van der Waals surface area contributed by atoms with E-state index in [4.69, 9.17) is 0 Å². The van der Waals surface area contributed by atoms with Crippen molar-refractivity contribution < 1.29 is 18.3 Å². The summed E-state index contributed by atoms with van der Waals surface area (Å²) in [6, 6.07) is 0. The summed E-state index contributed by atoms with van der Waals surface area (Å²) < 4.78 is 35.4. The lowest BCUT2D eigenvalue weighted by atomic mass is 10.1. The predicted octanol–water partition coefficient (Wildman–Crippen LogP) is 1.85. The van der Waals surface area contributed by atoms with E-state index >= 15 is 0 Å². The van der Waals surface area contributed by atoms with Crippen LogP contribution in [0.25, 0.3) is 0 Å². The zero-order chi connectivity index (χ0) is 10.6. The van der Waals surface area contributed by atoms with E-state index in [0.717, 1.165) is 0 Å². The van der Waals surface area contributed by atoms with Crippen LogP contribution in [0.15, 0.2) is 18.6 Å². The Morgan fingerprint density at radius 3 is 2.57 bits per heavy atom. The Kier molecular flexibility index (Phi) is 3.40. The second-order valence-corrected chi connectivity index (χ2v) is 2.80. The van der Waals surface area contributed by atoms with Crippen LogP contribution in [0.1, 0.15) is 24.6 Å². The Morgan fingerprint density at radius 1 is 1.36 bits per heavy atom. The van der Waals surface area contributed by atoms with E-state index in [1.165, 1.54) is 18.6 Å². The van der Waals surface area contributed by atoms with Gasteiger partial charge in [-0.3, -0.25) is 9.97 Å². The van der Waals surface area contributed by atoms with Gasteiger partial charge in [0.2, 0.25) is 0 Å². The van der Waals surface area contributed by atoms with Gasteiger partial charge in [0.25, 0.3) is 0 Å². The Hall–Kier alpha value is -1.17. The number of nitrogens with zero attached hydrogens (tertiary/aromatic N) is 2. The van der Waals surface area contributed by atoms with Crippen molar-refractivity contribution in [3.05, 3.63) is 24.3 Å². The molecule has 14 heavy (non-hydrogen) atoms. The molecule has 0 radical (unpaired) electrons. The average Bonchev–Trinajstić information content (AvgIpc) is 2.14. The van der Waals surface area contributed by atoms with Crippen molar-refractivity contribution in [2.24, 2.45) is 0 Å². The quantitative estimate of drug-likeness (QED) is 0.820. The van der Waals surface area contributed by atoms with Crippen molar-refractivity contribution in [2.75, 3.05) is 0 Å². The molecule has 0 bridgehead atoms. The number of alkyl halides is 3. The van der Waals surface area contributed by atoms with Gasteiger partial charge in [-0.05, 0) is 6.42 Å². The minimum Gasteiger partial charge on any atom is -0.387 e. The summed E-state index contributed by atoms with van der Waals surface area (Å²) >= 11 is 0. The molecule has 6 heteroatoms. The van der Waals surface area contributed by atoms with Crippen LogP contribution in [0.5, 0.6) is 0 Å². The molecule has 0 fully saturated rings. The molecule has 0 aliphatic heterocycles. The van der Waals surface area contributed by atoms with E-state index in [9.17, 15) is 18.3 Å². The first-order valence-electron chi connectivity index (χ1n) is 4.00. The Labute approximate surface area is 78.6 Å². The first-order valence-corrected chi connectivity index (χ1v) is 4.00. The molecule has 1 unspecified atom stereocenters. The number of aliphatic hydroxyl groups excluding tert-OH is 1. The first kappa shape index (κ1) is 10.9. The highest BCUT2D eigenvalue weighted by Crippen LogP contribution is 2.26. The second kappa shape index (κ2) is 4.36. The van der Waals surface area contributed by atoms with Gasteiger partial charge in [0.15, 0.2) is 0 Å². The smallest absolute Gasteiger partial charge is 0.387 e. The Morgan fingerprint density at radius 2 is 2.07 bits per heavy atom. The zero-order valence-electron chi connectivity index (χ0n) is 7.20. The average molecular weight is 206 g/mol. The maximum Gasteiger partial charge on any atom is 0.389 e. The molecule has 0 aliphatic carbocycles. The highest BCUT2D eigenvalue weighted by molar-refractivity contribution is 4.98. The van der Waals surface area contributed by atoms with Crippen molar-refractivity contribution in [1.29, 1.82) is 0 Å². The number of aromatic nitrogens is 2. The van der Waals surface area contributed by atoms with Gasteiger partial charge < -0.3 is 5.11 Å². The van der Waals surface area contributed by atoms with Gasteiger partial charge in [0.05, 0.1) is 18.0 Å². The molecule has 1 aromatic heterocycles. The fourth-order valence-corrected chi connectivity index (χ4v) is 0.931. The van der Waals surface area contributed by atoms with E-state index in [1.54, 1.807) is 0 Å². The molecule has 1 aromatic rings. The van der Waals surface area contributed by atoms with Crippen LogP contribution in [0.2, 0.25) is 0 Å². The van der Waals surface area contributed by atoms with Crippen LogP contribution in [0.3, 0.4) is 0 Å². The van der Waals surface area contributed by atoms with Crippen LogP contribution in [-0.2, 0) is 0 Å². The molecule has 1 atom stereocenters. The van der Waals surface area contributed by atoms with Gasteiger partial charge in [0, 0.05) is 18.8 Å². The van der Waals surface area contributed by atoms with Crippen LogP contribution >= 0.6 is 0 Å². The summed E-state index contributed by atoms with van der Waals surface area (Å²) in [4.78, 5) is 7.35. The van der Waals surface area contributed by atoms with E-state index < -0.39 is 18.7 Å². The lowest BCUT2D eigenvalue weighted by Crippen LogP contribution is -2.10. The monoisotopic (exact) mass is 206 g/mol. The van der Waals surface area contributed by atoms with Crippen LogP contribution in [-0.4, -0.2) is 21.3 Å². The maximum absolute atomic E-state index is 11.8. The summed E-state index contributed by atoms with van der Waals surface area (Å²) in [6.45, 7) is 0. The zero-order valence-corrected chi connectivity index (χ0v) is 7.20. The second-order valence-electron chi connectivity index (χ2n) is 2.80. The van der Waals surface area contributed by atoms with E-state index in [1.807, 2.05) is 0 Å². The molecule has 1 rings (SSSR count). The fourth-order valence-electron chi connectivity index (χ4n) is 0.931. The summed E-state index contributed by atoms with van der Waals surface area (Å²) in [5.74, 6) is 0. The number of hydrogen-bond donors (Lipinski definition) is 1. The molecule has 1 N–H and O–H groups in total. The third-order valence-electron chi connectivity index (χ3n) is 1.63. The first-order chi connectivity index (χ1) is 6.49. The molecule has 78 valence electrons. The SMILES string of the molecule is OC(CCC(F)(F)F)c1cnccn1. The molecular formula is C8H9F3N2O. The lowest BCUT2D eigenvalue weighted by Gasteiger charge is -2.10. The van der Waals surface area contributed by atoms with Gasteiger partial charge in [-0.15, -0.1) is 0 Å². The number of hydrogen-bond acceptors (Lipinski definition) is 3. The standard InChI is InChI=1S/C8H9F3N2O/c9-8(10,11)2-1-7(14)6-5-12-3-4-13-6/h3-5,7,14H,1-2H2. The third kappa shape index (κ3) is 3.69. The predicted molar refractivity (Wildman–Crippen MR) is 42.3 cm³/mol.